The van der Waals surface area contributed by atoms with E-state index in [1.54, 1.807) is 19.1 Å². The van der Waals surface area contributed by atoms with Crippen LogP contribution >= 0.6 is 0 Å². The number of hydrogen-bond donors (Lipinski definition) is 2. The minimum Gasteiger partial charge on any atom is -0.480 e. The Hall–Kier alpha value is -2.77. The van der Waals surface area contributed by atoms with E-state index in [0.717, 1.165) is 12.8 Å². The van der Waals surface area contributed by atoms with Crippen molar-refractivity contribution in [1.29, 1.82) is 0 Å². The fourth-order valence-corrected chi connectivity index (χ4v) is 2.48. The number of nitrogens with zero attached hydrogens (tertiary/aromatic N) is 2. The molecule has 0 radical (unpaired) electrons. The highest BCUT2D eigenvalue weighted by atomic mass is 19.1. The van der Waals surface area contributed by atoms with Gasteiger partial charge in [-0.2, -0.15) is 4.98 Å². The zero-order chi connectivity index (χ0) is 18.0. The van der Waals surface area contributed by atoms with E-state index in [4.69, 9.17) is 9.63 Å². The molecule has 0 saturated heterocycles. The van der Waals surface area contributed by atoms with E-state index in [-0.39, 0.29) is 42.2 Å². The summed E-state index contributed by atoms with van der Waals surface area (Å²) < 4.78 is 18.7. The Kier molecular flexibility index (Phi) is 4.78. The van der Waals surface area contributed by atoms with Crippen LogP contribution in [0.5, 0.6) is 0 Å². The molecule has 1 saturated carbocycles. The Bertz CT molecular complexity index is 801. The standard InChI is InChI=1S/C17H18FN3O4/c1-9-2-3-11(8-12(9)18)16-20-14(25-21-16)7-6-13(22)19-15(17(23)24)10-4-5-10/h2-3,8,10,15H,4-7H2,1H3,(H,19,22)(H,23,24). The normalized spacial score (nSPS) is 15.0. The summed E-state index contributed by atoms with van der Waals surface area (Å²) in [6.45, 7) is 1.66. The number of benzene rings is 1. The molecule has 2 N–H and O–H groups in total. The van der Waals surface area contributed by atoms with Gasteiger partial charge in [0, 0.05) is 18.4 Å². The van der Waals surface area contributed by atoms with Gasteiger partial charge in [0.25, 0.3) is 0 Å². The van der Waals surface area contributed by atoms with Gasteiger partial charge in [-0.15, -0.1) is 0 Å². The zero-order valence-corrected chi connectivity index (χ0v) is 13.7. The van der Waals surface area contributed by atoms with Crippen molar-refractivity contribution in [3.05, 3.63) is 35.5 Å². The Morgan fingerprint density at radius 2 is 2.20 bits per heavy atom. The molecule has 1 aromatic carbocycles. The average Bonchev–Trinajstić information content (AvgIpc) is 3.30. The largest absolute Gasteiger partial charge is 0.480 e. The fourth-order valence-electron chi connectivity index (χ4n) is 2.48. The van der Waals surface area contributed by atoms with Crippen LogP contribution in [-0.4, -0.2) is 33.2 Å². The van der Waals surface area contributed by atoms with E-state index in [0.29, 0.717) is 11.1 Å². The highest BCUT2D eigenvalue weighted by molar-refractivity contribution is 5.84. The minimum atomic E-state index is -1.02. The number of carboxylic acid groups (broad SMARTS) is 1. The Labute approximate surface area is 143 Å². The van der Waals surface area contributed by atoms with Crippen LogP contribution in [0.3, 0.4) is 0 Å². The maximum absolute atomic E-state index is 13.6. The molecule has 8 heteroatoms. The van der Waals surface area contributed by atoms with Crippen molar-refractivity contribution >= 4 is 11.9 Å². The number of carbonyl (C=O) groups is 2. The van der Waals surface area contributed by atoms with Crippen molar-refractivity contribution in [3.8, 4) is 11.4 Å². The Morgan fingerprint density at radius 3 is 2.84 bits per heavy atom. The monoisotopic (exact) mass is 347 g/mol. The van der Waals surface area contributed by atoms with Crippen LogP contribution in [-0.2, 0) is 16.0 Å². The number of rotatable bonds is 7. The van der Waals surface area contributed by atoms with Crippen molar-refractivity contribution < 1.29 is 23.6 Å². The lowest BCUT2D eigenvalue weighted by Gasteiger charge is -2.12. The molecule has 132 valence electrons. The van der Waals surface area contributed by atoms with Gasteiger partial charge >= 0.3 is 5.97 Å². The number of carbonyl (C=O) groups excluding carboxylic acids is 1. The van der Waals surface area contributed by atoms with Crippen LogP contribution in [0.2, 0.25) is 0 Å². The molecule has 25 heavy (non-hydrogen) atoms. The van der Waals surface area contributed by atoms with Gasteiger partial charge in [0.1, 0.15) is 11.9 Å². The maximum atomic E-state index is 13.6. The summed E-state index contributed by atoms with van der Waals surface area (Å²) in [5, 5.41) is 15.4. The Balaban J connectivity index is 1.57. The topological polar surface area (TPSA) is 105 Å². The lowest BCUT2D eigenvalue weighted by molar-refractivity contribution is -0.142. The quantitative estimate of drug-likeness (QED) is 0.794. The minimum absolute atomic E-state index is 0.0212. The highest BCUT2D eigenvalue weighted by Gasteiger charge is 2.37. The number of aryl methyl sites for hydroxylation is 2. The van der Waals surface area contributed by atoms with Gasteiger partial charge in [0.05, 0.1) is 0 Å². The Morgan fingerprint density at radius 1 is 1.44 bits per heavy atom. The molecule has 0 aliphatic heterocycles. The number of amides is 1. The third kappa shape index (κ3) is 4.20. The van der Waals surface area contributed by atoms with E-state index >= 15 is 0 Å². The molecule has 1 aliphatic carbocycles. The lowest BCUT2D eigenvalue weighted by Crippen LogP contribution is -2.42. The van der Waals surface area contributed by atoms with E-state index in [1.165, 1.54) is 6.07 Å². The molecule has 1 aromatic heterocycles. The first-order valence-electron chi connectivity index (χ1n) is 8.05. The molecule has 0 bridgehead atoms. The van der Waals surface area contributed by atoms with Gasteiger partial charge < -0.3 is 14.9 Å². The molecule has 1 fully saturated rings. The lowest BCUT2D eigenvalue weighted by atomic mass is 10.1. The fraction of sp³-hybridized carbons (Fsp3) is 0.412. The molecule has 3 rings (SSSR count). The van der Waals surface area contributed by atoms with Crippen LogP contribution in [0, 0.1) is 18.7 Å². The molecule has 1 amide bonds. The predicted octanol–water partition coefficient (Wildman–Crippen LogP) is 2.10. The van der Waals surface area contributed by atoms with Gasteiger partial charge in [-0.1, -0.05) is 17.3 Å². The predicted molar refractivity (Wildman–Crippen MR) is 85.0 cm³/mol. The summed E-state index contributed by atoms with van der Waals surface area (Å²) in [5.41, 5.74) is 1.01. The molecule has 1 unspecified atom stereocenters. The third-order valence-corrected chi connectivity index (χ3v) is 4.14. The SMILES string of the molecule is Cc1ccc(-c2noc(CCC(=O)NC(C(=O)O)C3CC3)n2)cc1F. The third-order valence-electron chi connectivity index (χ3n) is 4.14. The first-order valence-corrected chi connectivity index (χ1v) is 8.05. The van der Waals surface area contributed by atoms with Crippen LogP contribution in [0.15, 0.2) is 22.7 Å². The average molecular weight is 347 g/mol. The first kappa shape index (κ1) is 17.1. The summed E-state index contributed by atoms with van der Waals surface area (Å²) >= 11 is 0. The smallest absolute Gasteiger partial charge is 0.326 e. The van der Waals surface area contributed by atoms with E-state index in [1.807, 2.05) is 0 Å². The van der Waals surface area contributed by atoms with Gasteiger partial charge in [-0.05, 0) is 37.3 Å². The summed E-state index contributed by atoms with van der Waals surface area (Å²) in [4.78, 5) is 27.2. The molecular weight excluding hydrogens is 329 g/mol. The number of aromatic nitrogens is 2. The van der Waals surface area contributed by atoms with E-state index in [9.17, 15) is 14.0 Å². The van der Waals surface area contributed by atoms with Crippen LogP contribution in [0.25, 0.3) is 11.4 Å². The number of halogens is 1. The van der Waals surface area contributed by atoms with Crippen LogP contribution in [0.1, 0.15) is 30.7 Å². The van der Waals surface area contributed by atoms with Gasteiger partial charge in [-0.25, -0.2) is 9.18 Å². The first-order chi connectivity index (χ1) is 11.9. The molecule has 7 nitrogen and oxygen atoms in total. The summed E-state index contributed by atoms with van der Waals surface area (Å²) in [7, 11) is 0. The summed E-state index contributed by atoms with van der Waals surface area (Å²) in [6.07, 6.45) is 1.86. The molecule has 1 heterocycles. The summed E-state index contributed by atoms with van der Waals surface area (Å²) in [5.74, 6) is -1.24. The molecular formula is C17H18FN3O4. The van der Waals surface area contributed by atoms with Crippen molar-refractivity contribution in [3.63, 3.8) is 0 Å². The highest BCUT2D eigenvalue weighted by Crippen LogP contribution is 2.32. The number of nitrogens with one attached hydrogen (secondary N) is 1. The van der Waals surface area contributed by atoms with E-state index in [2.05, 4.69) is 15.5 Å². The maximum Gasteiger partial charge on any atom is 0.326 e. The van der Waals surface area contributed by atoms with Crippen molar-refractivity contribution in [2.75, 3.05) is 0 Å². The van der Waals surface area contributed by atoms with Crippen LogP contribution < -0.4 is 5.32 Å². The van der Waals surface area contributed by atoms with Crippen molar-refractivity contribution in [2.24, 2.45) is 5.92 Å². The zero-order valence-electron chi connectivity index (χ0n) is 13.7. The number of carboxylic acids is 1. The number of aliphatic carboxylic acids is 1. The molecule has 1 atom stereocenters. The molecule has 2 aromatic rings. The second kappa shape index (κ2) is 7.00. The second-order valence-electron chi connectivity index (χ2n) is 6.20. The molecule has 0 spiro atoms. The molecule has 1 aliphatic rings. The van der Waals surface area contributed by atoms with Gasteiger partial charge in [0.2, 0.25) is 17.6 Å². The van der Waals surface area contributed by atoms with Gasteiger partial charge in [-0.3, -0.25) is 4.79 Å². The van der Waals surface area contributed by atoms with Crippen LogP contribution in [0.4, 0.5) is 4.39 Å². The summed E-state index contributed by atoms with van der Waals surface area (Å²) in [6, 6.07) is 3.80. The van der Waals surface area contributed by atoms with E-state index < -0.39 is 12.0 Å². The van der Waals surface area contributed by atoms with Crippen molar-refractivity contribution in [2.45, 2.75) is 38.6 Å². The second-order valence-corrected chi connectivity index (χ2v) is 6.20. The number of hydrogen-bond acceptors (Lipinski definition) is 5. The van der Waals surface area contributed by atoms with Crippen molar-refractivity contribution in [1.82, 2.24) is 15.5 Å². The van der Waals surface area contributed by atoms with Gasteiger partial charge in [0.15, 0.2) is 0 Å².